The van der Waals surface area contributed by atoms with Gasteiger partial charge in [0.25, 0.3) is 0 Å². The van der Waals surface area contributed by atoms with Gasteiger partial charge in [0.1, 0.15) is 0 Å². The molecule has 0 radical (unpaired) electrons. The van der Waals surface area contributed by atoms with Gasteiger partial charge in [-0.1, -0.05) is 30.1 Å². The zero-order valence-electron chi connectivity index (χ0n) is 8.09. The van der Waals surface area contributed by atoms with Gasteiger partial charge in [-0.3, -0.25) is 4.79 Å². The van der Waals surface area contributed by atoms with E-state index in [1.165, 1.54) is 11.3 Å². The SMILES string of the molecule is CC(CN)(CC(=O)O)c1cc(Cl)sc1Cl. The number of nitrogens with two attached hydrogens (primary N) is 1. The number of carboxylic acid groups (broad SMARTS) is 1. The van der Waals surface area contributed by atoms with E-state index in [9.17, 15) is 4.79 Å². The second-order valence-corrected chi connectivity index (χ2v) is 5.86. The molecule has 0 saturated heterocycles. The Balaban J connectivity index is 3.10. The molecule has 0 aromatic carbocycles. The predicted molar refractivity (Wildman–Crippen MR) is 63.0 cm³/mol. The van der Waals surface area contributed by atoms with Gasteiger partial charge in [0.2, 0.25) is 0 Å². The van der Waals surface area contributed by atoms with Crippen LogP contribution in [0.3, 0.4) is 0 Å². The predicted octanol–water partition coefficient (Wildman–Crippen LogP) is 2.75. The maximum Gasteiger partial charge on any atom is 0.304 e. The summed E-state index contributed by atoms with van der Waals surface area (Å²) in [6.45, 7) is 1.98. The number of carbonyl (C=O) groups is 1. The first-order chi connectivity index (χ1) is 6.89. The lowest BCUT2D eigenvalue weighted by Crippen LogP contribution is -2.34. The number of hydrogen-bond acceptors (Lipinski definition) is 3. The summed E-state index contributed by atoms with van der Waals surface area (Å²) in [5.41, 5.74) is 5.66. The molecule has 1 aromatic heterocycles. The molecule has 3 N–H and O–H groups in total. The lowest BCUT2D eigenvalue weighted by Gasteiger charge is -2.25. The smallest absolute Gasteiger partial charge is 0.304 e. The summed E-state index contributed by atoms with van der Waals surface area (Å²) in [5.74, 6) is -0.902. The first-order valence-electron chi connectivity index (χ1n) is 4.26. The van der Waals surface area contributed by atoms with Crippen molar-refractivity contribution in [2.24, 2.45) is 5.73 Å². The average Bonchev–Trinajstić information content (AvgIpc) is 2.44. The van der Waals surface area contributed by atoms with Crippen molar-refractivity contribution in [3.05, 3.63) is 20.3 Å². The van der Waals surface area contributed by atoms with Gasteiger partial charge in [0, 0.05) is 12.0 Å². The largest absolute Gasteiger partial charge is 0.481 e. The lowest BCUT2D eigenvalue weighted by atomic mass is 9.81. The fraction of sp³-hybridized carbons (Fsp3) is 0.444. The number of hydrogen-bond donors (Lipinski definition) is 2. The maximum absolute atomic E-state index is 10.7. The van der Waals surface area contributed by atoms with Crippen molar-refractivity contribution in [1.29, 1.82) is 0 Å². The highest BCUT2D eigenvalue weighted by atomic mass is 35.5. The van der Waals surface area contributed by atoms with Gasteiger partial charge in [-0.25, -0.2) is 0 Å². The number of carboxylic acids is 1. The quantitative estimate of drug-likeness (QED) is 0.882. The van der Waals surface area contributed by atoms with Crippen LogP contribution in [0, 0.1) is 0 Å². The zero-order valence-corrected chi connectivity index (χ0v) is 10.4. The molecule has 1 unspecified atom stereocenters. The Morgan fingerprint density at radius 2 is 2.27 bits per heavy atom. The summed E-state index contributed by atoms with van der Waals surface area (Å²) in [7, 11) is 0. The molecule has 0 saturated carbocycles. The molecule has 1 aromatic rings. The molecule has 0 amide bonds. The molecule has 0 aliphatic rings. The van der Waals surface area contributed by atoms with Gasteiger partial charge >= 0.3 is 5.97 Å². The normalized spacial score (nSPS) is 14.9. The second kappa shape index (κ2) is 4.70. The molecule has 15 heavy (non-hydrogen) atoms. The van der Waals surface area contributed by atoms with Crippen LogP contribution in [0.2, 0.25) is 8.67 Å². The standard InChI is InChI=1S/C9H11Cl2NO2S/c1-9(4-12,3-7(13)14)5-2-6(10)15-8(5)11/h2H,3-4,12H2,1H3,(H,13,14). The summed E-state index contributed by atoms with van der Waals surface area (Å²) < 4.78 is 1.05. The molecule has 0 spiro atoms. The van der Waals surface area contributed by atoms with Gasteiger partial charge in [-0.15, -0.1) is 11.3 Å². The molecule has 3 nitrogen and oxygen atoms in total. The molecule has 0 aliphatic carbocycles. The van der Waals surface area contributed by atoms with Crippen LogP contribution in [-0.4, -0.2) is 17.6 Å². The van der Waals surface area contributed by atoms with Crippen molar-refractivity contribution in [3.63, 3.8) is 0 Å². The summed E-state index contributed by atoms with van der Waals surface area (Å²) in [6.07, 6.45) is -0.0592. The van der Waals surface area contributed by atoms with Gasteiger partial charge < -0.3 is 10.8 Å². The average molecular weight is 268 g/mol. The topological polar surface area (TPSA) is 63.3 Å². The first-order valence-corrected chi connectivity index (χ1v) is 5.83. The van der Waals surface area contributed by atoms with Crippen LogP contribution >= 0.6 is 34.5 Å². The van der Waals surface area contributed by atoms with Crippen molar-refractivity contribution in [3.8, 4) is 0 Å². The minimum Gasteiger partial charge on any atom is -0.481 e. The minimum atomic E-state index is -0.902. The van der Waals surface area contributed by atoms with E-state index in [-0.39, 0.29) is 13.0 Å². The third-order valence-corrected chi connectivity index (χ3v) is 3.79. The van der Waals surface area contributed by atoms with Crippen molar-refractivity contribution in [2.75, 3.05) is 6.54 Å². The molecule has 0 fully saturated rings. The molecule has 84 valence electrons. The Morgan fingerprint density at radius 1 is 1.67 bits per heavy atom. The minimum absolute atomic E-state index is 0.0592. The van der Waals surface area contributed by atoms with E-state index in [0.29, 0.717) is 14.2 Å². The highest BCUT2D eigenvalue weighted by Gasteiger charge is 2.31. The maximum atomic E-state index is 10.7. The van der Waals surface area contributed by atoms with E-state index < -0.39 is 11.4 Å². The van der Waals surface area contributed by atoms with Crippen LogP contribution in [0.4, 0.5) is 0 Å². The van der Waals surface area contributed by atoms with Crippen molar-refractivity contribution in [1.82, 2.24) is 0 Å². The summed E-state index contributed by atoms with van der Waals surface area (Å²) in [6, 6.07) is 1.68. The number of halogens is 2. The van der Waals surface area contributed by atoms with E-state index in [4.69, 9.17) is 34.0 Å². The van der Waals surface area contributed by atoms with Gasteiger partial charge in [0.15, 0.2) is 0 Å². The van der Waals surface area contributed by atoms with Crippen molar-refractivity contribution >= 4 is 40.5 Å². The second-order valence-electron chi connectivity index (χ2n) is 3.57. The van der Waals surface area contributed by atoms with Crippen LogP contribution in [0.1, 0.15) is 18.9 Å². The third-order valence-electron chi connectivity index (χ3n) is 2.30. The Kier molecular flexibility index (Phi) is 4.00. The Morgan fingerprint density at radius 3 is 2.60 bits per heavy atom. The van der Waals surface area contributed by atoms with Crippen molar-refractivity contribution in [2.45, 2.75) is 18.8 Å². The molecule has 6 heteroatoms. The van der Waals surface area contributed by atoms with Crippen LogP contribution in [-0.2, 0) is 10.2 Å². The van der Waals surface area contributed by atoms with Gasteiger partial charge in [-0.05, 0) is 11.6 Å². The highest BCUT2D eigenvalue weighted by molar-refractivity contribution is 7.20. The van der Waals surface area contributed by atoms with Crippen LogP contribution in [0.15, 0.2) is 6.07 Å². The number of rotatable bonds is 4. The highest BCUT2D eigenvalue weighted by Crippen LogP contribution is 2.39. The lowest BCUT2D eigenvalue weighted by molar-refractivity contribution is -0.138. The zero-order chi connectivity index (χ0) is 11.6. The van der Waals surface area contributed by atoms with Crippen LogP contribution in [0.25, 0.3) is 0 Å². The van der Waals surface area contributed by atoms with Crippen LogP contribution in [0.5, 0.6) is 0 Å². The third kappa shape index (κ3) is 2.84. The molecular weight excluding hydrogens is 257 g/mol. The Hall–Kier alpha value is -0.290. The van der Waals surface area contributed by atoms with E-state index in [0.717, 1.165) is 0 Å². The van der Waals surface area contributed by atoms with E-state index in [1.807, 2.05) is 0 Å². The molecule has 1 atom stereocenters. The number of thiophene rings is 1. The molecular formula is C9H11Cl2NO2S. The first kappa shape index (κ1) is 12.8. The Labute approximate surface area is 102 Å². The molecule has 1 heterocycles. The van der Waals surface area contributed by atoms with Gasteiger partial charge in [-0.2, -0.15) is 0 Å². The van der Waals surface area contributed by atoms with E-state index in [1.54, 1.807) is 13.0 Å². The summed E-state index contributed by atoms with van der Waals surface area (Å²) in [5, 5.41) is 8.81. The van der Waals surface area contributed by atoms with Crippen LogP contribution < -0.4 is 5.73 Å². The monoisotopic (exact) mass is 267 g/mol. The van der Waals surface area contributed by atoms with Crippen molar-refractivity contribution < 1.29 is 9.90 Å². The fourth-order valence-corrected chi connectivity index (χ4v) is 3.12. The molecule has 0 aliphatic heterocycles. The molecule has 0 bridgehead atoms. The Bertz CT molecular complexity index is 380. The molecule has 1 rings (SSSR count). The number of aliphatic carboxylic acids is 1. The fourth-order valence-electron chi connectivity index (χ4n) is 1.36. The van der Waals surface area contributed by atoms with E-state index in [2.05, 4.69) is 0 Å². The summed E-state index contributed by atoms with van der Waals surface area (Å²) in [4.78, 5) is 10.7. The van der Waals surface area contributed by atoms with E-state index >= 15 is 0 Å². The van der Waals surface area contributed by atoms with Gasteiger partial charge in [0.05, 0.1) is 15.1 Å². The summed E-state index contributed by atoms with van der Waals surface area (Å²) >= 11 is 13.0.